The van der Waals surface area contributed by atoms with Crippen LogP contribution in [0, 0.1) is 5.92 Å². The lowest BCUT2D eigenvalue weighted by molar-refractivity contribution is 0.282. The minimum Gasteiger partial charge on any atom is -0.368 e. The lowest BCUT2D eigenvalue weighted by Crippen LogP contribution is -2.52. The Bertz CT molecular complexity index is 422. The van der Waals surface area contributed by atoms with Gasteiger partial charge in [-0.05, 0) is 60.4 Å². The molecule has 3 atom stereocenters. The van der Waals surface area contributed by atoms with Gasteiger partial charge in [0.15, 0.2) is 0 Å². The fraction of sp³-hybridized carbons (Fsp3) is 0.571. The molecule has 3 unspecified atom stereocenters. The highest BCUT2D eigenvalue weighted by atomic mass is 79.9. The zero-order valence-corrected chi connectivity index (χ0v) is 14.3. The molecule has 0 saturated carbocycles. The summed E-state index contributed by atoms with van der Waals surface area (Å²) in [7, 11) is 2.07. The van der Waals surface area contributed by atoms with Gasteiger partial charge in [-0.1, -0.05) is 22.9 Å². The molecule has 1 aliphatic heterocycles. The van der Waals surface area contributed by atoms with Crippen molar-refractivity contribution in [1.29, 1.82) is 0 Å². The van der Waals surface area contributed by atoms with Gasteiger partial charge in [0.1, 0.15) is 0 Å². The predicted octanol–water partition coefficient (Wildman–Crippen LogP) is 4.03. The average molecular weight is 376 g/mol. The molecule has 18 heavy (non-hydrogen) atoms. The molecular formula is C14H20Br2N2. The summed E-state index contributed by atoms with van der Waals surface area (Å²) in [5, 5.41) is 3.43. The molecule has 0 radical (unpaired) electrons. The lowest BCUT2D eigenvalue weighted by Gasteiger charge is -2.44. The van der Waals surface area contributed by atoms with Crippen LogP contribution in [0.25, 0.3) is 0 Å². The van der Waals surface area contributed by atoms with Gasteiger partial charge in [-0.3, -0.25) is 0 Å². The molecule has 1 heterocycles. The fourth-order valence-corrected chi connectivity index (χ4v) is 4.10. The summed E-state index contributed by atoms with van der Waals surface area (Å²) in [4.78, 5) is 2.51. The van der Waals surface area contributed by atoms with Crippen LogP contribution in [0.15, 0.2) is 27.1 Å². The minimum atomic E-state index is 0.550. The molecule has 0 aliphatic carbocycles. The maximum Gasteiger partial charge on any atom is 0.0513 e. The van der Waals surface area contributed by atoms with E-state index in [2.05, 4.69) is 81.2 Å². The highest BCUT2D eigenvalue weighted by molar-refractivity contribution is 9.11. The zero-order chi connectivity index (χ0) is 13.3. The maximum absolute atomic E-state index is 3.67. The molecule has 1 aliphatic rings. The van der Waals surface area contributed by atoms with E-state index in [9.17, 15) is 0 Å². The highest BCUT2D eigenvalue weighted by Crippen LogP contribution is 2.35. The second kappa shape index (κ2) is 5.93. The molecular weight excluding hydrogens is 356 g/mol. The molecule has 1 saturated heterocycles. The summed E-state index contributed by atoms with van der Waals surface area (Å²) in [6, 6.07) is 7.61. The molecule has 2 rings (SSSR count). The van der Waals surface area contributed by atoms with Crippen molar-refractivity contribution in [3.63, 3.8) is 0 Å². The smallest absolute Gasteiger partial charge is 0.0513 e. The van der Waals surface area contributed by atoms with E-state index in [0.29, 0.717) is 18.0 Å². The number of anilines is 1. The number of nitrogens with zero attached hydrogens (tertiary/aromatic N) is 1. The van der Waals surface area contributed by atoms with Gasteiger partial charge in [0.25, 0.3) is 0 Å². The van der Waals surface area contributed by atoms with Gasteiger partial charge in [0, 0.05) is 27.6 Å². The summed E-state index contributed by atoms with van der Waals surface area (Å²) < 4.78 is 2.28. The predicted molar refractivity (Wildman–Crippen MR) is 85.3 cm³/mol. The quantitative estimate of drug-likeness (QED) is 0.839. The van der Waals surface area contributed by atoms with Crippen LogP contribution >= 0.6 is 31.9 Å². The van der Waals surface area contributed by atoms with Crippen molar-refractivity contribution in [2.75, 3.05) is 18.5 Å². The van der Waals surface area contributed by atoms with Crippen LogP contribution in [-0.4, -0.2) is 25.7 Å². The number of nitrogens with one attached hydrogen (secondary N) is 1. The summed E-state index contributed by atoms with van der Waals surface area (Å²) >= 11 is 7.18. The Hall–Kier alpha value is -0.0600. The van der Waals surface area contributed by atoms with E-state index >= 15 is 0 Å². The Morgan fingerprint density at radius 1 is 1.28 bits per heavy atom. The summed E-state index contributed by atoms with van der Waals surface area (Å²) in [5.74, 6) is 0.652. The van der Waals surface area contributed by atoms with Crippen molar-refractivity contribution in [3.8, 4) is 0 Å². The first kappa shape index (κ1) is 14.4. The molecule has 0 spiro atoms. The van der Waals surface area contributed by atoms with Crippen LogP contribution in [-0.2, 0) is 0 Å². The zero-order valence-electron chi connectivity index (χ0n) is 11.1. The number of hydrogen-bond acceptors (Lipinski definition) is 2. The average Bonchev–Trinajstić information content (AvgIpc) is 2.34. The van der Waals surface area contributed by atoms with Gasteiger partial charge < -0.3 is 10.2 Å². The molecule has 0 amide bonds. The Morgan fingerprint density at radius 2 is 2.00 bits per heavy atom. The van der Waals surface area contributed by atoms with E-state index in [4.69, 9.17) is 0 Å². The van der Waals surface area contributed by atoms with E-state index in [1.54, 1.807) is 0 Å². The van der Waals surface area contributed by atoms with Crippen molar-refractivity contribution in [1.82, 2.24) is 5.32 Å². The molecule has 100 valence electrons. The normalized spacial score (nSPS) is 28.5. The standard InChI is InChI=1S/C14H20Br2N2/c1-9-10(2)18(7-6-13(9)17-3)14-5-4-11(15)8-12(14)16/h4-5,8-10,13,17H,6-7H2,1-3H3. The van der Waals surface area contributed by atoms with Crippen LogP contribution in [0.5, 0.6) is 0 Å². The third-order valence-corrected chi connectivity index (χ3v) is 5.29. The van der Waals surface area contributed by atoms with Crippen LogP contribution in [0.1, 0.15) is 20.3 Å². The third-order valence-electron chi connectivity index (χ3n) is 4.16. The first-order chi connectivity index (χ1) is 8.54. The van der Waals surface area contributed by atoms with E-state index in [-0.39, 0.29) is 0 Å². The van der Waals surface area contributed by atoms with Crippen molar-refractivity contribution in [2.24, 2.45) is 5.92 Å². The summed E-state index contributed by atoms with van der Waals surface area (Å²) in [6.07, 6.45) is 1.20. The molecule has 1 fully saturated rings. The Morgan fingerprint density at radius 3 is 2.61 bits per heavy atom. The second-order valence-corrected chi connectivity index (χ2v) is 6.84. The number of halogens is 2. The van der Waals surface area contributed by atoms with Crippen molar-refractivity contribution in [2.45, 2.75) is 32.4 Å². The van der Waals surface area contributed by atoms with Gasteiger partial charge in [0.2, 0.25) is 0 Å². The Kier molecular flexibility index (Phi) is 4.73. The first-order valence-electron chi connectivity index (χ1n) is 6.43. The topological polar surface area (TPSA) is 15.3 Å². The monoisotopic (exact) mass is 374 g/mol. The van der Waals surface area contributed by atoms with Crippen LogP contribution in [0.3, 0.4) is 0 Å². The van der Waals surface area contributed by atoms with Crippen molar-refractivity contribution >= 4 is 37.5 Å². The van der Waals surface area contributed by atoms with Gasteiger partial charge >= 0.3 is 0 Å². The third kappa shape index (κ3) is 2.75. The van der Waals surface area contributed by atoms with Crippen molar-refractivity contribution < 1.29 is 0 Å². The van der Waals surface area contributed by atoms with Gasteiger partial charge in [0.05, 0.1) is 5.69 Å². The number of hydrogen-bond donors (Lipinski definition) is 1. The first-order valence-corrected chi connectivity index (χ1v) is 8.02. The molecule has 0 aromatic heterocycles. The number of piperidine rings is 1. The lowest BCUT2D eigenvalue weighted by atomic mass is 9.87. The molecule has 4 heteroatoms. The maximum atomic E-state index is 3.67. The molecule has 0 bridgehead atoms. The molecule has 1 aromatic carbocycles. The van der Waals surface area contributed by atoms with E-state index in [0.717, 1.165) is 11.0 Å². The van der Waals surface area contributed by atoms with E-state index < -0.39 is 0 Å². The molecule has 1 aromatic rings. The van der Waals surface area contributed by atoms with Crippen LogP contribution < -0.4 is 10.2 Å². The second-order valence-electron chi connectivity index (χ2n) is 5.07. The fourth-order valence-electron chi connectivity index (χ4n) is 2.83. The van der Waals surface area contributed by atoms with Gasteiger partial charge in [-0.2, -0.15) is 0 Å². The Balaban J connectivity index is 2.24. The Labute approximate surface area is 126 Å². The summed E-state index contributed by atoms with van der Waals surface area (Å²) in [6.45, 7) is 5.77. The largest absolute Gasteiger partial charge is 0.368 e. The number of benzene rings is 1. The SMILES string of the molecule is CNC1CCN(c2ccc(Br)cc2Br)C(C)C1C. The van der Waals surface area contributed by atoms with Crippen LogP contribution in [0.4, 0.5) is 5.69 Å². The van der Waals surface area contributed by atoms with E-state index in [1.165, 1.54) is 16.6 Å². The summed E-state index contributed by atoms with van der Waals surface area (Å²) in [5.41, 5.74) is 1.30. The minimum absolute atomic E-state index is 0.550. The molecule has 2 nitrogen and oxygen atoms in total. The van der Waals surface area contributed by atoms with Crippen LogP contribution in [0.2, 0.25) is 0 Å². The van der Waals surface area contributed by atoms with Gasteiger partial charge in [-0.15, -0.1) is 0 Å². The highest BCUT2D eigenvalue weighted by Gasteiger charge is 2.32. The van der Waals surface area contributed by atoms with Crippen molar-refractivity contribution in [3.05, 3.63) is 27.1 Å². The van der Waals surface area contributed by atoms with E-state index in [1.807, 2.05) is 0 Å². The number of rotatable bonds is 2. The van der Waals surface area contributed by atoms with Gasteiger partial charge in [-0.25, -0.2) is 0 Å². The molecule has 1 N–H and O–H groups in total.